The van der Waals surface area contributed by atoms with Gasteiger partial charge in [-0.2, -0.15) is 8.42 Å². The first-order valence-corrected chi connectivity index (χ1v) is 8.36. The first kappa shape index (κ1) is 13.5. The third-order valence-corrected chi connectivity index (χ3v) is 5.22. The Hall–Kier alpha value is -0.880. The molecule has 6 heteroatoms. The van der Waals surface area contributed by atoms with Gasteiger partial charge in [0.15, 0.2) is 0 Å². The third-order valence-electron chi connectivity index (χ3n) is 3.03. The molecule has 1 atom stereocenters. The summed E-state index contributed by atoms with van der Waals surface area (Å²) in [5.41, 5.74) is 0.715. The predicted octanol–water partition coefficient (Wildman–Crippen LogP) is 2.64. The van der Waals surface area contributed by atoms with Crippen LogP contribution in [-0.4, -0.2) is 26.6 Å². The fourth-order valence-electron chi connectivity index (χ4n) is 1.86. The number of anilines is 1. The van der Waals surface area contributed by atoms with E-state index in [0.29, 0.717) is 11.6 Å². The van der Waals surface area contributed by atoms with Gasteiger partial charge in [-0.3, -0.25) is 0 Å². The Kier molecular flexibility index (Phi) is 4.07. The number of sulfonamides is 1. The molecular formula is C12H15BrN2O2S. The lowest BCUT2D eigenvalue weighted by molar-refractivity contribution is 0.580. The molecule has 18 heavy (non-hydrogen) atoms. The van der Waals surface area contributed by atoms with Crippen LogP contribution < -0.4 is 4.90 Å². The van der Waals surface area contributed by atoms with Crippen molar-refractivity contribution < 1.29 is 8.42 Å². The van der Waals surface area contributed by atoms with Gasteiger partial charge in [0, 0.05) is 11.9 Å². The molecule has 0 fully saturated rings. The van der Waals surface area contributed by atoms with Gasteiger partial charge in [-0.25, -0.2) is 0 Å². The first-order valence-electron chi connectivity index (χ1n) is 5.80. The van der Waals surface area contributed by atoms with E-state index in [-0.39, 0.29) is 4.90 Å². The number of hydrogen-bond donors (Lipinski definition) is 0. The van der Waals surface area contributed by atoms with E-state index in [9.17, 15) is 8.42 Å². The van der Waals surface area contributed by atoms with Gasteiger partial charge in [0.05, 0.1) is 5.69 Å². The van der Waals surface area contributed by atoms with Crippen molar-refractivity contribution in [2.45, 2.75) is 18.2 Å². The van der Waals surface area contributed by atoms with E-state index in [1.54, 1.807) is 12.1 Å². The molecule has 0 bridgehead atoms. The number of rotatable bonds is 4. The molecule has 1 aliphatic heterocycles. The lowest BCUT2D eigenvalue weighted by Gasteiger charge is -2.27. The molecule has 1 heterocycles. The molecule has 4 nitrogen and oxygen atoms in total. The van der Waals surface area contributed by atoms with Crippen molar-refractivity contribution in [3.63, 3.8) is 0 Å². The van der Waals surface area contributed by atoms with E-state index in [1.807, 2.05) is 17.0 Å². The van der Waals surface area contributed by atoms with E-state index < -0.39 is 10.0 Å². The van der Waals surface area contributed by atoms with Gasteiger partial charge in [-0.05, 0) is 18.1 Å². The van der Waals surface area contributed by atoms with Crippen molar-refractivity contribution in [3.8, 4) is 0 Å². The molecule has 98 valence electrons. The highest BCUT2D eigenvalue weighted by Gasteiger charge is 2.25. The second-order valence-corrected chi connectivity index (χ2v) is 6.49. The van der Waals surface area contributed by atoms with Crippen molar-refractivity contribution in [2.75, 3.05) is 16.8 Å². The molecule has 0 amide bonds. The van der Waals surface area contributed by atoms with Crippen LogP contribution in [-0.2, 0) is 10.0 Å². The smallest absolute Gasteiger partial charge is 0.285 e. The molecule has 0 aliphatic carbocycles. The van der Waals surface area contributed by atoms with Crippen LogP contribution in [0, 0.1) is 5.92 Å². The van der Waals surface area contributed by atoms with Crippen molar-refractivity contribution in [1.29, 1.82) is 0 Å². The minimum Gasteiger partial charge on any atom is -0.330 e. The number of fused-ring (bicyclic) bond motifs is 1. The fourth-order valence-corrected chi connectivity index (χ4v) is 3.58. The van der Waals surface area contributed by atoms with Gasteiger partial charge >= 0.3 is 0 Å². The molecule has 1 aliphatic rings. The molecule has 1 unspecified atom stereocenters. The number of halogens is 1. The first-order chi connectivity index (χ1) is 8.58. The highest BCUT2D eigenvalue weighted by atomic mass is 79.9. The van der Waals surface area contributed by atoms with Crippen molar-refractivity contribution in [1.82, 2.24) is 0 Å². The van der Waals surface area contributed by atoms with E-state index in [2.05, 4.69) is 27.3 Å². The largest absolute Gasteiger partial charge is 0.330 e. The van der Waals surface area contributed by atoms with Crippen molar-refractivity contribution in [2.24, 2.45) is 10.3 Å². The monoisotopic (exact) mass is 330 g/mol. The van der Waals surface area contributed by atoms with Gasteiger partial charge in [0.25, 0.3) is 10.0 Å². The van der Waals surface area contributed by atoms with Crippen molar-refractivity contribution >= 4 is 38.0 Å². The lowest BCUT2D eigenvalue weighted by atomic mass is 10.1. The molecule has 0 spiro atoms. The highest BCUT2D eigenvalue weighted by molar-refractivity contribution is 9.09. The minimum atomic E-state index is -3.51. The van der Waals surface area contributed by atoms with Crippen LogP contribution in [0.25, 0.3) is 0 Å². The number of para-hydroxylation sites is 1. The highest BCUT2D eigenvalue weighted by Crippen LogP contribution is 2.30. The molecular weight excluding hydrogens is 316 g/mol. The fraction of sp³-hybridized carbons (Fsp3) is 0.417. The van der Waals surface area contributed by atoms with Crippen LogP contribution in [0.1, 0.15) is 13.3 Å². The van der Waals surface area contributed by atoms with Gasteiger partial charge in [0.1, 0.15) is 11.2 Å². The Morgan fingerprint density at radius 1 is 1.39 bits per heavy atom. The zero-order valence-electron chi connectivity index (χ0n) is 10.1. The van der Waals surface area contributed by atoms with Crippen LogP contribution in [0.4, 0.5) is 5.69 Å². The van der Waals surface area contributed by atoms with Gasteiger partial charge < -0.3 is 4.90 Å². The summed E-state index contributed by atoms with van der Waals surface area (Å²) in [7, 11) is -3.51. The molecule has 2 rings (SSSR count). The maximum Gasteiger partial charge on any atom is 0.285 e. The maximum absolute atomic E-state index is 11.8. The average Bonchev–Trinajstić information content (AvgIpc) is 2.38. The van der Waals surface area contributed by atoms with E-state index in [0.717, 1.165) is 18.3 Å². The summed E-state index contributed by atoms with van der Waals surface area (Å²) in [6, 6.07) is 6.98. The summed E-state index contributed by atoms with van der Waals surface area (Å²) in [5.74, 6) is 0.463. The van der Waals surface area contributed by atoms with E-state index >= 15 is 0 Å². The quantitative estimate of drug-likeness (QED) is 0.797. The molecule has 0 radical (unpaired) electrons. The summed E-state index contributed by atoms with van der Waals surface area (Å²) in [6.45, 7) is 2.88. The number of hydrogen-bond acceptors (Lipinski definition) is 3. The standard InChI is InChI=1S/C12H15BrN2O2S/c1-2-10(7-13)8-15-9-14-18(16,17)12-6-4-3-5-11(12)15/h3-6,9-10H,2,7-8H2,1H3. The Morgan fingerprint density at radius 3 is 2.78 bits per heavy atom. The number of alkyl halides is 1. The summed E-state index contributed by atoms with van der Waals surface area (Å²) < 4.78 is 27.3. The van der Waals surface area contributed by atoms with Crippen LogP contribution in [0.5, 0.6) is 0 Å². The van der Waals surface area contributed by atoms with E-state index in [4.69, 9.17) is 0 Å². The van der Waals surface area contributed by atoms with Crippen LogP contribution >= 0.6 is 15.9 Å². The van der Waals surface area contributed by atoms with Crippen molar-refractivity contribution in [3.05, 3.63) is 24.3 Å². The van der Waals surface area contributed by atoms with E-state index in [1.165, 1.54) is 6.34 Å². The minimum absolute atomic E-state index is 0.289. The molecule has 1 aromatic carbocycles. The zero-order chi connectivity index (χ0) is 13.2. The second kappa shape index (κ2) is 5.40. The Morgan fingerprint density at radius 2 is 2.11 bits per heavy atom. The van der Waals surface area contributed by atoms with Crippen LogP contribution in [0.2, 0.25) is 0 Å². The maximum atomic E-state index is 11.8. The Bertz CT molecular complexity index is 553. The Balaban J connectivity index is 2.36. The number of nitrogens with zero attached hydrogens (tertiary/aromatic N) is 2. The third kappa shape index (κ3) is 2.59. The average molecular weight is 331 g/mol. The normalized spacial score (nSPS) is 18.4. The molecule has 0 aromatic heterocycles. The summed E-state index contributed by atoms with van der Waals surface area (Å²) >= 11 is 3.48. The predicted molar refractivity (Wildman–Crippen MR) is 77.0 cm³/mol. The van der Waals surface area contributed by atoms with Gasteiger partial charge in [0.2, 0.25) is 0 Å². The summed E-state index contributed by atoms with van der Waals surface area (Å²) in [5, 5.41) is 0.892. The zero-order valence-corrected chi connectivity index (χ0v) is 12.5. The van der Waals surface area contributed by atoms with Gasteiger partial charge in [-0.15, -0.1) is 4.40 Å². The van der Waals surface area contributed by atoms with Crippen LogP contribution in [0.15, 0.2) is 33.6 Å². The number of benzene rings is 1. The molecule has 0 saturated carbocycles. The van der Waals surface area contributed by atoms with Gasteiger partial charge in [-0.1, -0.05) is 41.4 Å². The second-order valence-electron chi connectivity index (χ2n) is 4.24. The molecule has 1 aromatic rings. The van der Waals surface area contributed by atoms with Crippen LogP contribution in [0.3, 0.4) is 0 Å². The summed E-state index contributed by atoms with van der Waals surface area (Å²) in [6.07, 6.45) is 2.45. The molecule has 0 saturated heterocycles. The lowest BCUT2D eigenvalue weighted by Crippen LogP contribution is -2.32. The topological polar surface area (TPSA) is 49.7 Å². The Labute approximate surface area is 116 Å². The molecule has 0 N–H and O–H groups in total. The summed E-state index contributed by atoms with van der Waals surface area (Å²) in [4.78, 5) is 2.20. The SMILES string of the molecule is CCC(CBr)CN1C=NS(=O)(=O)c2ccccc21.